The molecular formula is C14H17N3O2. The van der Waals surface area contributed by atoms with E-state index in [1.54, 1.807) is 18.3 Å². The number of amides is 1. The first-order valence-corrected chi connectivity index (χ1v) is 6.22. The Morgan fingerprint density at radius 3 is 2.74 bits per heavy atom. The molecule has 0 aliphatic rings. The Morgan fingerprint density at radius 1 is 1.32 bits per heavy atom. The van der Waals surface area contributed by atoms with Crippen molar-refractivity contribution in [1.29, 1.82) is 0 Å². The van der Waals surface area contributed by atoms with E-state index in [2.05, 4.69) is 15.6 Å². The number of aromatic nitrogens is 1. The van der Waals surface area contributed by atoms with Gasteiger partial charge in [-0.3, -0.25) is 4.79 Å². The van der Waals surface area contributed by atoms with Crippen LogP contribution in [0.5, 0.6) is 0 Å². The second-order valence-corrected chi connectivity index (χ2v) is 4.16. The minimum atomic E-state index is -0.162. The number of nitrogens with one attached hydrogen (secondary N) is 2. The average Bonchev–Trinajstić information content (AvgIpc) is 2.83. The number of carbonyl (C=O) groups excluding carboxylic acids is 1. The lowest BCUT2D eigenvalue weighted by Gasteiger charge is -2.05. The number of nitrogens with zero attached hydrogens (tertiary/aromatic N) is 1. The molecule has 0 bridgehead atoms. The monoisotopic (exact) mass is 259 g/mol. The van der Waals surface area contributed by atoms with Crippen molar-refractivity contribution in [3.05, 3.63) is 47.5 Å². The van der Waals surface area contributed by atoms with Gasteiger partial charge in [-0.05, 0) is 38.1 Å². The molecule has 100 valence electrons. The number of aryl methyl sites for hydroxylation is 1. The van der Waals surface area contributed by atoms with Gasteiger partial charge in [0, 0.05) is 12.7 Å². The largest absolute Gasteiger partial charge is 0.465 e. The third-order valence-electron chi connectivity index (χ3n) is 2.60. The smallest absolute Gasteiger partial charge is 0.253 e. The van der Waals surface area contributed by atoms with Crippen LogP contribution in [0.2, 0.25) is 0 Å². The van der Waals surface area contributed by atoms with Gasteiger partial charge in [0.15, 0.2) is 0 Å². The summed E-state index contributed by atoms with van der Waals surface area (Å²) in [5, 5.41) is 5.86. The summed E-state index contributed by atoms with van der Waals surface area (Å²) >= 11 is 0. The standard InChI is InChI=1S/C14H17N3O2/c1-3-15-13-7-5-11(8-16-13)14(18)17-9-12-6-4-10(2)19-12/h4-8H,3,9H2,1-2H3,(H,15,16)(H,17,18). The quantitative estimate of drug-likeness (QED) is 0.865. The molecule has 0 spiro atoms. The first-order valence-electron chi connectivity index (χ1n) is 6.22. The van der Waals surface area contributed by atoms with Gasteiger partial charge < -0.3 is 15.1 Å². The highest BCUT2D eigenvalue weighted by Gasteiger charge is 2.07. The van der Waals surface area contributed by atoms with Crippen molar-refractivity contribution < 1.29 is 9.21 Å². The topological polar surface area (TPSA) is 67.2 Å². The summed E-state index contributed by atoms with van der Waals surface area (Å²) < 4.78 is 5.38. The van der Waals surface area contributed by atoms with Crippen LogP contribution in [0.15, 0.2) is 34.9 Å². The Balaban J connectivity index is 1.92. The molecule has 0 unspecified atom stereocenters. The highest BCUT2D eigenvalue weighted by Crippen LogP contribution is 2.07. The number of rotatable bonds is 5. The third kappa shape index (κ3) is 3.58. The zero-order chi connectivity index (χ0) is 13.7. The summed E-state index contributed by atoms with van der Waals surface area (Å²) in [7, 11) is 0. The molecule has 0 radical (unpaired) electrons. The second-order valence-electron chi connectivity index (χ2n) is 4.16. The average molecular weight is 259 g/mol. The maximum Gasteiger partial charge on any atom is 0.253 e. The van der Waals surface area contributed by atoms with Crippen molar-refractivity contribution >= 4 is 11.7 Å². The summed E-state index contributed by atoms with van der Waals surface area (Å²) in [4.78, 5) is 16.0. The number of hydrogen-bond acceptors (Lipinski definition) is 4. The van der Waals surface area contributed by atoms with Crippen LogP contribution in [0.3, 0.4) is 0 Å². The van der Waals surface area contributed by atoms with Crippen LogP contribution in [0, 0.1) is 6.92 Å². The number of anilines is 1. The van der Waals surface area contributed by atoms with Crippen molar-refractivity contribution in [2.45, 2.75) is 20.4 Å². The lowest BCUT2D eigenvalue weighted by molar-refractivity contribution is 0.0947. The number of furan rings is 1. The Morgan fingerprint density at radius 2 is 2.16 bits per heavy atom. The lowest BCUT2D eigenvalue weighted by atomic mass is 10.2. The third-order valence-corrected chi connectivity index (χ3v) is 2.60. The van der Waals surface area contributed by atoms with Gasteiger partial charge in [0.05, 0.1) is 12.1 Å². The molecule has 2 rings (SSSR count). The zero-order valence-electron chi connectivity index (χ0n) is 11.1. The van der Waals surface area contributed by atoms with Gasteiger partial charge >= 0.3 is 0 Å². The Bertz CT molecular complexity index is 546. The predicted molar refractivity (Wildman–Crippen MR) is 73.0 cm³/mol. The van der Waals surface area contributed by atoms with Crippen LogP contribution in [-0.4, -0.2) is 17.4 Å². The predicted octanol–water partition coefficient (Wildman–Crippen LogP) is 2.34. The van der Waals surface area contributed by atoms with Gasteiger partial charge in [0.1, 0.15) is 17.3 Å². The van der Waals surface area contributed by atoms with Gasteiger partial charge in [-0.2, -0.15) is 0 Å². The number of carbonyl (C=O) groups is 1. The van der Waals surface area contributed by atoms with Crippen molar-refractivity contribution in [3.63, 3.8) is 0 Å². The second kappa shape index (κ2) is 6.04. The van der Waals surface area contributed by atoms with Crippen LogP contribution in [-0.2, 0) is 6.54 Å². The molecule has 0 atom stereocenters. The molecule has 0 aromatic carbocycles. The lowest BCUT2D eigenvalue weighted by Crippen LogP contribution is -2.22. The molecule has 19 heavy (non-hydrogen) atoms. The molecule has 2 aromatic heterocycles. The fourth-order valence-electron chi connectivity index (χ4n) is 1.66. The van der Waals surface area contributed by atoms with Crippen molar-refractivity contribution in [2.24, 2.45) is 0 Å². The number of hydrogen-bond donors (Lipinski definition) is 2. The highest BCUT2D eigenvalue weighted by atomic mass is 16.3. The SMILES string of the molecule is CCNc1ccc(C(=O)NCc2ccc(C)o2)cn1. The maximum absolute atomic E-state index is 11.9. The first-order chi connectivity index (χ1) is 9.19. The molecule has 0 aliphatic carbocycles. The van der Waals surface area contributed by atoms with E-state index < -0.39 is 0 Å². The molecule has 5 nitrogen and oxygen atoms in total. The van der Waals surface area contributed by atoms with E-state index in [0.29, 0.717) is 12.1 Å². The summed E-state index contributed by atoms with van der Waals surface area (Å²) in [5.74, 6) is 2.18. The van der Waals surface area contributed by atoms with Crippen LogP contribution in [0.4, 0.5) is 5.82 Å². The van der Waals surface area contributed by atoms with Crippen molar-refractivity contribution in [3.8, 4) is 0 Å². The van der Waals surface area contributed by atoms with E-state index in [1.165, 1.54) is 0 Å². The molecule has 2 aromatic rings. The van der Waals surface area contributed by atoms with Crippen molar-refractivity contribution in [2.75, 3.05) is 11.9 Å². The summed E-state index contributed by atoms with van der Waals surface area (Å²) in [6.07, 6.45) is 1.56. The molecule has 0 fully saturated rings. The van der Waals surface area contributed by atoms with E-state index in [4.69, 9.17) is 4.42 Å². The van der Waals surface area contributed by atoms with Gasteiger partial charge in [-0.15, -0.1) is 0 Å². The summed E-state index contributed by atoms with van der Waals surface area (Å²) in [6, 6.07) is 7.25. The molecule has 0 saturated heterocycles. The fourth-order valence-corrected chi connectivity index (χ4v) is 1.66. The maximum atomic E-state index is 11.9. The molecule has 5 heteroatoms. The van der Waals surface area contributed by atoms with Crippen LogP contribution < -0.4 is 10.6 Å². The molecule has 0 saturated carbocycles. The van der Waals surface area contributed by atoms with Gasteiger partial charge in [-0.25, -0.2) is 4.98 Å². The highest BCUT2D eigenvalue weighted by molar-refractivity contribution is 5.93. The van der Waals surface area contributed by atoms with E-state index >= 15 is 0 Å². The Hall–Kier alpha value is -2.30. The number of pyridine rings is 1. The first kappa shape index (κ1) is 13.1. The normalized spacial score (nSPS) is 10.2. The Kier molecular flexibility index (Phi) is 4.18. The minimum Gasteiger partial charge on any atom is -0.465 e. The van der Waals surface area contributed by atoms with Gasteiger partial charge in [-0.1, -0.05) is 0 Å². The van der Waals surface area contributed by atoms with E-state index in [9.17, 15) is 4.79 Å². The fraction of sp³-hybridized carbons (Fsp3) is 0.286. The van der Waals surface area contributed by atoms with Crippen LogP contribution >= 0.6 is 0 Å². The Labute approximate surface area is 112 Å². The van der Waals surface area contributed by atoms with E-state index in [0.717, 1.165) is 23.9 Å². The summed E-state index contributed by atoms with van der Waals surface area (Å²) in [6.45, 7) is 5.04. The molecule has 1 amide bonds. The minimum absolute atomic E-state index is 0.162. The molecular weight excluding hydrogens is 242 g/mol. The van der Waals surface area contributed by atoms with Crippen LogP contribution in [0.1, 0.15) is 28.8 Å². The van der Waals surface area contributed by atoms with Crippen LogP contribution in [0.25, 0.3) is 0 Å². The van der Waals surface area contributed by atoms with E-state index in [-0.39, 0.29) is 5.91 Å². The van der Waals surface area contributed by atoms with Crippen molar-refractivity contribution in [1.82, 2.24) is 10.3 Å². The van der Waals surface area contributed by atoms with Gasteiger partial charge in [0.25, 0.3) is 5.91 Å². The van der Waals surface area contributed by atoms with E-state index in [1.807, 2.05) is 26.0 Å². The summed E-state index contributed by atoms with van der Waals surface area (Å²) in [5.41, 5.74) is 0.532. The molecule has 2 heterocycles. The molecule has 0 aliphatic heterocycles. The van der Waals surface area contributed by atoms with Gasteiger partial charge in [0.2, 0.25) is 0 Å². The molecule has 2 N–H and O–H groups in total. The zero-order valence-corrected chi connectivity index (χ0v) is 11.1.